The first-order valence-corrected chi connectivity index (χ1v) is 6.62. The Hall–Kier alpha value is -1.93. The van der Waals surface area contributed by atoms with Gasteiger partial charge in [0.2, 0.25) is 5.91 Å². The summed E-state index contributed by atoms with van der Waals surface area (Å²) in [5, 5.41) is 0. The van der Waals surface area contributed by atoms with Crippen LogP contribution in [0.2, 0.25) is 0 Å². The fourth-order valence-electron chi connectivity index (χ4n) is 1.79. The average molecular weight is 343 g/mol. The summed E-state index contributed by atoms with van der Waals surface area (Å²) in [6.07, 6.45) is -10.7. The van der Waals surface area contributed by atoms with Crippen LogP contribution in [0.4, 0.5) is 26.3 Å². The van der Waals surface area contributed by atoms with Crippen LogP contribution >= 0.6 is 0 Å². The van der Waals surface area contributed by atoms with Crippen LogP contribution in [0.5, 0.6) is 5.75 Å². The van der Waals surface area contributed by atoms with Gasteiger partial charge >= 0.3 is 12.5 Å². The van der Waals surface area contributed by atoms with Gasteiger partial charge in [0.1, 0.15) is 5.75 Å². The van der Waals surface area contributed by atoms with Gasteiger partial charge in [-0.3, -0.25) is 4.79 Å². The molecule has 0 aliphatic rings. The summed E-state index contributed by atoms with van der Waals surface area (Å²) in [5.74, 6) is -0.856. The molecule has 1 rings (SSSR count). The third kappa shape index (κ3) is 8.32. The first-order valence-electron chi connectivity index (χ1n) is 6.62. The highest BCUT2D eigenvalue weighted by Crippen LogP contribution is 2.24. The van der Waals surface area contributed by atoms with Crippen LogP contribution in [0, 0.1) is 0 Å². The zero-order chi connectivity index (χ0) is 17.7. The normalized spacial score (nSPS) is 12.1. The summed E-state index contributed by atoms with van der Waals surface area (Å²) < 4.78 is 75.7. The topological polar surface area (TPSA) is 29.5 Å². The molecule has 0 aliphatic heterocycles. The van der Waals surface area contributed by atoms with E-state index in [1.165, 1.54) is 24.1 Å². The van der Waals surface area contributed by atoms with Gasteiger partial charge in [-0.25, -0.2) is 0 Å². The highest BCUT2D eigenvalue weighted by atomic mass is 19.4. The number of carbonyl (C=O) groups excluding carboxylic acids is 1. The lowest BCUT2D eigenvalue weighted by molar-refractivity contribution is -0.274. The quantitative estimate of drug-likeness (QED) is 0.722. The molecule has 0 fully saturated rings. The smallest absolute Gasteiger partial charge is 0.406 e. The van der Waals surface area contributed by atoms with E-state index < -0.39 is 24.9 Å². The average Bonchev–Trinajstić information content (AvgIpc) is 2.37. The van der Waals surface area contributed by atoms with Gasteiger partial charge in [-0.1, -0.05) is 12.1 Å². The lowest BCUT2D eigenvalue weighted by Crippen LogP contribution is -2.26. The fourth-order valence-corrected chi connectivity index (χ4v) is 1.79. The van der Waals surface area contributed by atoms with Crippen LogP contribution in [0.15, 0.2) is 24.3 Å². The maximum atomic E-state index is 12.0. The van der Waals surface area contributed by atoms with E-state index >= 15 is 0 Å². The summed E-state index contributed by atoms with van der Waals surface area (Å²) in [5.41, 5.74) is 0.534. The standard InChI is InChI=1S/C14H15F6NO2/c1-21(12(22)3-2-8-13(15,16)17)9-10-4-6-11(7-5-10)23-14(18,19)20/h4-7H,2-3,8-9H2,1H3. The summed E-state index contributed by atoms with van der Waals surface area (Å²) in [6, 6.07) is 4.90. The maximum absolute atomic E-state index is 12.0. The van der Waals surface area contributed by atoms with Crippen LogP contribution in [0.3, 0.4) is 0 Å². The Morgan fingerprint density at radius 2 is 1.65 bits per heavy atom. The molecule has 0 atom stereocenters. The molecule has 0 saturated carbocycles. The van der Waals surface area contributed by atoms with Crippen molar-refractivity contribution in [2.45, 2.75) is 38.3 Å². The van der Waals surface area contributed by atoms with Crippen LogP contribution in [0.1, 0.15) is 24.8 Å². The van der Waals surface area contributed by atoms with E-state index in [-0.39, 0.29) is 25.1 Å². The molecule has 1 aromatic carbocycles. The summed E-state index contributed by atoms with van der Waals surface area (Å²) in [6.45, 7) is 0.0805. The fraction of sp³-hybridized carbons (Fsp3) is 0.500. The minimum atomic E-state index is -4.78. The Labute approximate surface area is 128 Å². The Morgan fingerprint density at radius 3 is 2.13 bits per heavy atom. The molecule has 0 aromatic heterocycles. The molecule has 1 aromatic rings. The Bertz CT molecular complexity index is 509. The molecule has 1 amide bonds. The van der Waals surface area contributed by atoms with E-state index in [1.54, 1.807) is 0 Å². The molecule has 0 aliphatic carbocycles. The van der Waals surface area contributed by atoms with Gasteiger partial charge < -0.3 is 9.64 Å². The van der Waals surface area contributed by atoms with Crippen molar-refractivity contribution in [2.24, 2.45) is 0 Å². The molecular formula is C14H15F6NO2. The van der Waals surface area contributed by atoms with E-state index in [1.807, 2.05) is 0 Å². The molecule has 0 radical (unpaired) electrons. The molecular weight excluding hydrogens is 328 g/mol. The van der Waals surface area contributed by atoms with Gasteiger partial charge in [-0.05, 0) is 24.1 Å². The van der Waals surface area contributed by atoms with Crippen molar-refractivity contribution in [1.82, 2.24) is 4.90 Å². The number of hydrogen-bond donors (Lipinski definition) is 0. The number of amides is 1. The molecule has 3 nitrogen and oxygen atoms in total. The van der Waals surface area contributed by atoms with Crippen molar-refractivity contribution in [3.63, 3.8) is 0 Å². The number of alkyl halides is 6. The minimum Gasteiger partial charge on any atom is -0.406 e. The zero-order valence-corrected chi connectivity index (χ0v) is 12.2. The Morgan fingerprint density at radius 1 is 1.09 bits per heavy atom. The van der Waals surface area contributed by atoms with Crippen molar-refractivity contribution >= 4 is 5.91 Å². The molecule has 0 unspecified atom stereocenters. The molecule has 0 saturated heterocycles. The molecule has 9 heteroatoms. The largest absolute Gasteiger partial charge is 0.573 e. The van der Waals surface area contributed by atoms with Crippen molar-refractivity contribution in [3.8, 4) is 5.75 Å². The van der Waals surface area contributed by atoms with Crippen LogP contribution in [-0.2, 0) is 11.3 Å². The monoisotopic (exact) mass is 343 g/mol. The lowest BCUT2D eigenvalue weighted by Gasteiger charge is -2.18. The first-order chi connectivity index (χ1) is 10.5. The predicted octanol–water partition coefficient (Wildman–Crippen LogP) is 4.28. The van der Waals surface area contributed by atoms with E-state index in [9.17, 15) is 31.1 Å². The van der Waals surface area contributed by atoms with Crippen LogP contribution in [-0.4, -0.2) is 30.4 Å². The number of hydrogen-bond acceptors (Lipinski definition) is 2. The third-order valence-corrected chi connectivity index (χ3v) is 2.85. The predicted molar refractivity (Wildman–Crippen MR) is 69.5 cm³/mol. The summed E-state index contributed by atoms with van der Waals surface area (Å²) in [7, 11) is 1.41. The lowest BCUT2D eigenvalue weighted by atomic mass is 10.2. The zero-order valence-electron chi connectivity index (χ0n) is 12.2. The van der Waals surface area contributed by atoms with Crippen LogP contribution in [0.25, 0.3) is 0 Å². The van der Waals surface area contributed by atoms with E-state index in [0.29, 0.717) is 5.56 Å². The SMILES string of the molecule is CN(Cc1ccc(OC(F)(F)F)cc1)C(=O)CCCC(F)(F)F. The first kappa shape index (κ1) is 19.1. The van der Waals surface area contributed by atoms with Gasteiger partial charge in [0, 0.05) is 26.4 Å². The second-order valence-electron chi connectivity index (χ2n) is 4.91. The number of nitrogens with zero attached hydrogens (tertiary/aromatic N) is 1. The maximum Gasteiger partial charge on any atom is 0.573 e. The van der Waals surface area contributed by atoms with Gasteiger partial charge in [0.25, 0.3) is 0 Å². The number of ether oxygens (including phenoxy) is 1. The summed E-state index contributed by atoms with van der Waals surface area (Å²) in [4.78, 5) is 12.9. The minimum absolute atomic E-state index is 0.0805. The van der Waals surface area contributed by atoms with Gasteiger partial charge in [0.15, 0.2) is 0 Å². The van der Waals surface area contributed by atoms with Crippen molar-refractivity contribution < 1.29 is 35.9 Å². The second kappa shape index (κ2) is 7.56. The molecule has 130 valence electrons. The molecule has 0 bridgehead atoms. The van der Waals surface area contributed by atoms with Crippen molar-refractivity contribution in [1.29, 1.82) is 0 Å². The van der Waals surface area contributed by atoms with E-state index in [4.69, 9.17) is 0 Å². The highest BCUT2D eigenvalue weighted by Gasteiger charge is 2.31. The van der Waals surface area contributed by atoms with E-state index in [0.717, 1.165) is 12.1 Å². The molecule has 0 spiro atoms. The van der Waals surface area contributed by atoms with Gasteiger partial charge in [0.05, 0.1) is 0 Å². The molecule has 0 N–H and O–H groups in total. The molecule has 0 heterocycles. The van der Waals surface area contributed by atoms with Gasteiger partial charge in [-0.15, -0.1) is 13.2 Å². The van der Waals surface area contributed by atoms with Crippen molar-refractivity contribution in [2.75, 3.05) is 7.05 Å². The number of benzene rings is 1. The number of rotatable bonds is 6. The Kier molecular flexibility index (Phi) is 6.28. The highest BCUT2D eigenvalue weighted by molar-refractivity contribution is 5.75. The molecule has 23 heavy (non-hydrogen) atoms. The summed E-state index contributed by atoms with van der Waals surface area (Å²) >= 11 is 0. The Balaban J connectivity index is 2.47. The number of halogens is 6. The third-order valence-electron chi connectivity index (χ3n) is 2.85. The number of carbonyl (C=O) groups is 1. The van der Waals surface area contributed by atoms with Crippen molar-refractivity contribution in [3.05, 3.63) is 29.8 Å². The second-order valence-corrected chi connectivity index (χ2v) is 4.91. The van der Waals surface area contributed by atoms with Gasteiger partial charge in [-0.2, -0.15) is 13.2 Å². The van der Waals surface area contributed by atoms with Crippen LogP contribution < -0.4 is 4.74 Å². The van der Waals surface area contributed by atoms with E-state index in [2.05, 4.69) is 4.74 Å².